The molecule has 0 saturated heterocycles. The summed E-state index contributed by atoms with van der Waals surface area (Å²) >= 11 is 3.45. The zero-order valence-corrected chi connectivity index (χ0v) is 13.1. The first kappa shape index (κ1) is 16.6. The molecule has 0 saturated carbocycles. The van der Waals surface area contributed by atoms with E-state index in [9.17, 15) is 5.11 Å². The monoisotopic (exact) mass is 331 g/mol. The molecule has 1 rings (SSSR count). The number of ether oxygens (including phenoxy) is 2. The fraction of sp³-hybridized carbons (Fsp3) is 0.571. The minimum Gasteiger partial charge on any atom is -0.389 e. The summed E-state index contributed by atoms with van der Waals surface area (Å²) in [7, 11) is 3.62. The van der Waals surface area contributed by atoms with E-state index in [0.717, 1.165) is 11.0 Å². The van der Waals surface area contributed by atoms with Gasteiger partial charge in [0.1, 0.15) is 0 Å². The van der Waals surface area contributed by atoms with E-state index in [4.69, 9.17) is 9.47 Å². The van der Waals surface area contributed by atoms with Gasteiger partial charge in [0.25, 0.3) is 0 Å². The second-order valence-electron chi connectivity index (χ2n) is 4.55. The number of aliphatic hydroxyl groups excluding tert-OH is 1. The van der Waals surface area contributed by atoms with Crippen LogP contribution in [0.2, 0.25) is 0 Å². The van der Waals surface area contributed by atoms with Crippen LogP contribution in [0.1, 0.15) is 5.56 Å². The van der Waals surface area contributed by atoms with Crippen molar-refractivity contribution < 1.29 is 14.6 Å². The van der Waals surface area contributed by atoms with Crippen LogP contribution >= 0.6 is 15.9 Å². The number of aliphatic hydroxyl groups is 1. The predicted molar refractivity (Wildman–Crippen MR) is 79.2 cm³/mol. The minimum atomic E-state index is -0.478. The van der Waals surface area contributed by atoms with Gasteiger partial charge in [-0.05, 0) is 24.7 Å². The standard InChI is InChI=1S/C14H22BrNO3/c1-16(9-12-4-3-5-13(15)8-12)10-14(17)11-19-7-6-18-2/h3-5,8,14,17H,6-7,9-11H2,1-2H3. The SMILES string of the molecule is COCCOCC(O)CN(C)Cc1cccc(Br)c1. The first-order valence-corrected chi connectivity index (χ1v) is 7.09. The van der Waals surface area contributed by atoms with E-state index in [1.807, 2.05) is 19.2 Å². The number of rotatable bonds is 9. The summed E-state index contributed by atoms with van der Waals surface area (Å²) in [5.74, 6) is 0. The summed E-state index contributed by atoms with van der Waals surface area (Å²) in [6.07, 6.45) is -0.478. The quantitative estimate of drug-likeness (QED) is 0.702. The number of likely N-dealkylation sites (N-methyl/N-ethyl adjacent to an activating group) is 1. The van der Waals surface area contributed by atoms with Crippen LogP contribution in [0.3, 0.4) is 0 Å². The van der Waals surface area contributed by atoms with Gasteiger partial charge >= 0.3 is 0 Å². The summed E-state index contributed by atoms with van der Waals surface area (Å²) in [6, 6.07) is 8.17. The average molecular weight is 332 g/mol. The molecule has 0 amide bonds. The average Bonchev–Trinajstić information content (AvgIpc) is 2.34. The first-order valence-electron chi connectivity index (χ1n) is 6.29. The van der Waals surface area contributed by atoms with Gasteiger partial charge in [-0.2, -0.15) is 0 Å². The molecule has 5 heteroatoms. The highest BCUT2D eigenvalue weighted by Crippen LogP contribution is 2.13. The van der Waals surface area contributed by atoms with Gasteiger partial charge in [-0.3, -0.25) is 4.90 Å². The summed E-state index contributed by atoms with van der Waals surface area (Å²) in [4.78, 5) is 2.08. The Kier molecular flexibility index (Phi) is 8.25. The van der Waals surface area contributed by atoms with Gasteiger partial charge in [0, 0.05) is 24.7 Å². The van der Waals surface area contributed by atoms with Crippen molar-refractivity contribution in [1.29, 1.82) is 0 Å². The first-order chi connectivity index (χ1) is 9.11. The van der Waals surface area contributed by atoms with E-state index in [1.165, 1.54) is 5.56 Å². The molecule has 4 nitrogen and oxygen atoms in total. The normalized spacial score (nSPS) is 12.9. The molecule has 1 unspecified atom stereocenters. The molecule has 0 aliphatic heterocycles. The van der Waals surface area contributed by atoms with Crippen molar-refractivity contribution in [2.75, 3.05) is 40.5 Å². The fourth-order valence-corrected chi connectivity index (χ4v) is 2.23. The van der Waals surface area contributed by atoms with E-state index < -0.39 is 6.10 Å². The van der Waals surface area contributed by atoms with Crippen LogP contribution in [-0.4, -0.2) is 56.6 Å². The molecule has 0 bridgehead atoms. The summed E-state index contributed by atoms with van der Waals surface area (Å²) in [5, 5.41) is 9.83. The maximum atomic E-state index is 9.83. The largest absolute Gasteiger partial charge is 0.389 e. The summed E-state index contributed by atoms with van der Waals surface area (Å²) in [5.41, 5.74) is 1.21. The second kappa shape index (κ2) is 9.44. The molecule has 1 N–H and O–H groups in total. The van der Waals surface area contributed by atoms with E-state index >= 15 is 0 Å². The van der Waals surface area contributed by atoms with Gasteiger partial charge in [0.15, 0.2) is 0 Å². The number of halogens is 1. The summed E-state index contributed by atoms with van der Waals surface area (Å²) in [6.45, 7) is 2.80. The zero-order valence-electron chi connectivity index (χ0n) is 11.5. The van der Waals surface area contributed by atoms with Crippen LogP contribution in [0.15, 0.2) is 28.7 Å². The highest BCUT2D eigenvalue weighted by molar-refractivity contribution is 9.10. The lowest BCUT2D eigenvalue weighted by Crippen LogP contribution is -2.32. The van der Waals surface area contributed by atoms with E-state index in [-0.39, 0.29) is 0 Å². The predicted octanol–water partition coefficient (Wildman–Crippen LogP) is 1.90. The minimum absolute atomic E-state index is 0.339. The third kappa shape index (κ3) is 7.64. The smallest absolute Gasteiger partial charge is 0.0900 e. The van der Waals surface area contributed by atoms with Crippen LogP contribution in [0, 0.1) is 0 Å². The molecular formula is C14H22BrNO3. The van der Waals surface area contributed by atoms with Crippen LogP contribution < -0.4 is 0 Å². The topological polar surface area (TPSA) is 41.9 Å². The number of nitrogens with zero attached hydrogens (tertiary/aromatic N) is 1. The number of benzene rings is 1. The van der Waals surface area contributed by atoms with Crippen LogP contribution in [0.5, 0.6) is 0 Å². The Morgan fingerprint density at radius 2 is 2.16 bits per heavy atom. The number of hydrogen-bond acceptors (Lipinski definition) is 4. The van der Waals surface area contributed by atoms with Crippen LogP contribution in [-0.2, 0) is 16.0 Å². The molecule has 1 aromatic rings. The fourth-order valence-electron chi connectivity index (χ4n) is 1.79. The lowest BCUT2D eigenvalue weighted by molar-refractivity contribution is 0.00161. The van der Waals surface area contributed by atoms with Crippen LogP contribution in [0.25, 0.3) is 0 Å². The molecule has 0 heterocycles. The van der Waals surface area contributed by atoms with E-state index in [1.54, 1.807) is 7.11 Å². The Bertz CT molecular complexity index is 362. The van der Waals surface area contributed by atoms with Crippen LogP contribution in [0.4, 0.5) is 0 Å². The molecule has 1 atom stereocenters. The van der Waals surface area contributed by atoms with Gasteiger partial charge in [-0.15, -0.1) is 0 Å². The van der Waals surface area contributed by atoms with Crippen molar-refractivity contribution >= 4 is 15.9 Å². The molecule has 19 heavy (non-hydrogen) atoms. The van der Waals surface area contributed by atoms with Gasteiger partial charge in [0.05, 0.1) is 25.9 Å². The van der Waals surface area contributed by atoms with Crippen molar-refractivity contribution in [1.82, 2.24) is 4.90 Å². The Morgan fingerprint density at radius 3 is 2.84 bits per heavy atom. The van der Waals surface area contributed by atoms with Gasteiger partial charge in [-0.25, -0.2) is 0 Å². The number of methoxy groups -OCH3 is 1. The molecule has 0 aliphatic carbocycles. The lowest BCUT2D eigenvalue weighted by Gasteiger charge is -2.20. The van der Waals surface area contributed by atoms with Crippen molar-refractivity contribution in [2.24, 2.45) is 0 Å². The Balaban J connectivity index is 2.24. The third-order valence-electron chi connectivity index (χ3n) is 2.61. The molecule has 1 aromatic carbocycles. The Morgan fingerprint density at radius 1 is 1.37 bits per heavy atom. The van der Waals surface area contributed by atoms with Gasteiger partial charge in [0.2, 0.25) is 0 Å². The lowest BCUT2D eigenvalue weighted by atomic mass is 10.2. The maximum Gasteiger partial charge on any atom is 0.0900 e. The molecule has 108 valence electrons. The zero-order chi connectivity index (χ0) is 14.1. The molecular weight excluding hydrogens is 310 g/mol. The third-order valence-corrected chi connectivity index (χ3v) is 3.10. The molecule has 0 aliphatic rings. The highest BCUT2D eigenvalue weighted by atomic mass is 79.9. The van der Waals surface area contributed by atoms with Gasteiger partial charge in [-0.1, -0.05) is 28.1 Å². The molecule has 0 spiro atoms. The van der Waals surface area contributed by atoms with E-state index in [0.29, 0.717) is 26.4 Å². The maximum absolute atomic E-state index is 9.83. The van der Waals surface area contributed by atoms with Crippen molar-refractivity contribution in [3.63, 3.8) is 0 Å². The Hall–Kier alpha value is -0.460. The van der Waals surface area contributed by atoms with Crippen molar-refractivity contribution in [2.45, 2.75) is 12.6 Å². The summed E-state index contributed by atoms with van der Waals surface area (Å²) < 4.78 is 11.2. The second-order valence-corrected chi connectivity index (χ2v) is 5.46. The molecule has 0 radical (unpaired) electrons. The highest BCUT2D eigenvalue weighted by Gasteiger charge is 2.09. The molecule has 0 fully saturated rings. The van der Waals surface area contributed by atoms with Crippen molar-refractivity contribution in [3.05, 3.63) is 34.3 Å². The Labute approximate surface area is 123 Å². The van der Waals surface area contributed by atoms with E-state index in [2.05, 4.69) is 33.0 Å². The van der Waals surface area contributed by atoms with Crippen molar-refractivity contribution in [3.8, 4) is 0 Å². The van der Waals surface area contributed by atoms with Gasteiger partial charge < -0.3 is 14.6 Å². The number of hydrogen-bond donors (Lipinski definition) is 1. The molecule has 0 aromatic heterocycles.